The van der Waals surface area contributed by atoms with Gasteiger partial charge in [0, 0.05) is 18.7 Å². The number of hydrogen-bond acceptors (Lipinski definition) is 5. The third-order valence-corrected chi connectivity index (χ3v) is 2.95. The third kappa shape index (κ3) is 4.75. The van der Waals surface area contributed by atoms with Gasteiger partial charge in [0.15, 0.2) is 12.6 Å². The number of hydrogen-bond donors (Lipinski definition) is 2. The number of aliphatic hydroxyl groups is 1. The summed E-state index contributed by atoms with van der Waals surface area (Å²) >= 11 is 0. The molecule has 2 rings (SSSR count). The van der Waals surface area contributed by atoms with E-state index in [4.69, 9.17) is 9.84 Å². The first kappa shape index (κ1) is 20.5. The van der Waals surface area contributed by atoms with E-state index < -0.39 is 0 Å². The topological polar surface area (TPSA) is 92.3 Å². The summed E-state index contributed by atoms with van der Waals surface area (Å²) in [5.74, 6) is 0.481. The van der Waals surface area contributed by atoms with Gasteiger partial charge in [0.05, 0.1) is 24.2 Å². The Kier molecular flexibility index (Phi) is 9.95. The van der Waals surface area contributed by atoms with E-state index in [1.807, 2.05) is 26.8 Å². The lowest BCUT2D eigenvalue weighted by Crippen LogP contribution is -1.93. The fraction of sp³-hybridized carbons (Fsp3) is 0.353. The van der Waals surface area contributed by atoms with Crippen LogP contribution >= 0.6 is 0 Å². The molecule has 0 fully saturated rings. The maximum absolute atomic E-state index is 11.1. The largest absolute Gasteiger partial charge is 0.481 e. The minimum atomic E-state index is 0.284. The Hall–Kier alpha value is -2.47. The Balaban J connectivity index is 0.00000112. The van der Waals surface area contributed by atoms with E-state index >= 15 is 0 Å². The van der Waals surface area contributed by atoms with E-state index in [0.29, 0.717) is 41.8 Å². The van der Waals surface area contributed by atoms with Crippen LogP contribution < -0.4 is 4.74 Å². The monoisotopic (exact) mass is 320 g/mol. The molecule has 6 heteroatoms. The summed E-state index contributed by atoms with van der Waals surface area (Å²) < 4.78 is 5.08. The molecule has 0 aliphatic carbocycles. The first-order valence-electron chi connectivity index (χ1n) is 7.36. The second-order valence-electron chi connectivity index (χ2n) is 3.96. The second-order valence-corrected chi connectivity index (χ2v) is 3.96. The number of aldehydes is 2. The van der Waals surface area contributed by atoms with Gasteiger partial charge < -0.3 is 14.8 Å². The van der Waals surface area contributed by atoms with Gasteiger partial charge in [0.2, 0.25) is 5.88 Å². The van der Waals surface area contributed by atoms with Crippen LogP contribution in [0.2, 0.25) is 0 Å². The van der Waals surface area contributed by atoms with E-state index in [-0.39, 0.29) is 5.69 Å². The molecule has 0 radical (unpaired) electrons. The summed E-state index contributed by atoms with van der Waals surface area (Å²) in [6, 6.07) is 5.35. The van der Waals surface area contributed by atoms with Crippen molar-refractivity contribution >= 4 is 12.6 Å². The van der Waals surface area contributed by atoms with Crippen LogP contribution in [0.3, 0.4) is 0 Å². The zero-order chi connectivity index (χ0) is 17.8. The molecule has 0 unspecified atom stereocenters. The van der Waals surface area contributed by atoms with Crippen molar-refractivity contribution in [2.24, 2.45) is 0 Å². The normalized spacial score (nSPS) is 8.96. The summed E-state index contributed by atoms with van der Waals surface area (Å²) in [5, 5.41) is 7.00. The van der Waals surface area contributed by atoms with E-state index in [9.17, 15) is 9.59 Å². The van der Waals surface area contributed by atoms with Crippen molar-refractivity contribution in [3.63, 3.8) is 0 Å². The number of carbonyl (C=O) groups excluding carboxylic acids is 2. The van der Waals surface area contributed by atoms with Gasteiger partial charge in [-0.15, -0.1) is 0 Å². The minimum Gasteiger partial charge on any atom is -0.481 e. The molecule has 2 aromatic heterocycles. The van der Waals surface area contributed by atoms with Crippen molar-refractivity contribution in [2.45, 2.75) is 27.2 Å². The lowest BCUT2D eigenvalue weighted by molar-refractivity contribution is 0.109. The number of methoxy groups -OCH3 is 1. The SMILES string of the molecule is CC.CCc1c(-c2cccc(OC)n2)[nH]c(C=O)c1C=O.CO. The maximum atomic E-state index is 11.1. The van der Waals surface area contributed by atoms with Crippen LogP contribution in [0.25, 0.3) is 11.4 Å². The van der Waals surface area contributed by atoms with Crippen LogP contribution in [0.1, 0.15) is 47.2 Å². The van der Waals surface area contributed by atoms with Crippen LogP contribution in [0.5, 0.6) is 5.88 Å². The summed E-state index contributed by atoms with van der Waals surface area (Å²) in [5.41, 5.74) is 2.81. The summed E-state index contributed by atoms with van der Waals surface area (Å²) in [4.78, 5) is 29.4. The van der Waals surface area contributed by atoms with Crippen molar-refractivity contribution in [1.82, 2.24) is 9.97 Å². The Morgan fingerprint density at radius 2 is 1.87 bits per heavy atom. The quantitative estimate of drug-likeness (QED) is 0.826. The molecule has 0 bridgehead atoms. The van der Waals surface area contributed by atoms with Crippen molar-refractivity contribution in [3.8, 4) is 17.3 Å². The molecule has 0 atom stereocenters. The molecule has 126 valence electrons. The molecule has 0 saturated carbocycles. The van der Waals surface area contributed by atoms with Gasteiger partial charge in [-0.3, -0.25) is 9.59 Å². The molecular weight excluding hydrogens is 296 g/mol. The zero-order valence-corrected chi connectivity index (χ0v) is 14.2. The standard InChI is InChI=1S/C14H14N2O3.C2H6.CH4O/c1-3-9-10(7-17)12(8-18)16-14(9)11-5-4-6-13(15-11)19-2;2*1-2/h4-8,16H,3H2,1-2H3;1-2H3;2H,1H3. The van der Waals surface area contributed by atoms with E-state index in [0.717, 1.165) is 12.7 Å². The number of aromatic amines is 1. The van der Waals surface area contributed by atoms with Gasteiger partial charge in [-0.1, -0.05) is 26.8 Å². The Bertz CT molecular complexity index is 621. The van der Waals surface area contributed by atoms with E-state index in [1.54, 1.807) is 12.1 Å². The highest BCUT2D eigenvalue weighted by Gasteiger charge is 2.17. The highest BCUT2D eigenvalue weighted by Crippen LogP contribution is 2.27. The summed E-state index contributed by atoms with van der Waals surface area (Å²) in [7, 11) is 2.54. The highest BCUT2D eigenvalue weighted by atomic mass is 16.5. The number of carbonyl (C=O) groups is 2. The molecule has 2 heterocycles. The smallest absolute Gasteiger partial charge is 0.213 e. The van der Waals surface area contributed by atoms with Crippen molar-refractivity contribution in [1.29, 1.82) is 0 Å². The average molecular weight is 320 g/mol. The fourth-order valence-corrected chi connectivity index (χ4v) is 2.06. The molecule has 0 saturated heterocycles. The maximum Gasteiger partial charge on any atom is 0.213 e. The highest BCUT2D eigenvalue weighted by molar-refractivity contribution is 5.93. The van der Waals surface area contributed by atoms with Crippen LogP contribution in [0, 0.1) is 0 Å². The lowest BCUT2D eigenvalue weighted by Gasteiger charge is -2.04. The molecule has 6 nitrogen and oxygen atoms in total. The molecule has 0 aliphatic heterocycles. The number of rotatable bonds is 5. The van der Waals surface area contributed by atoms with Gasteiger partial charge >= 0.3 is 0 Å². The predicted molar refractivity (Wildman–Crippen MR) is 90.2 cm³/mol. The number of aromatic nitrogens is 2. The molecule has 0 aliphatic rings. The molecule has 2 N–H and O–H groups in total. The lowest BCUT2D eigenvalue weighted by atomic mass is 10.1. The number of nitrogens with zero attached hydrogens (tertiary/aromatic N) is 1. The first-order chi connectivity index (χ1) is 11.2. The zero-order valence-electron chi connectivity index (χ0n) is 14.2. The number of nitrogens with one attached hydrogen (secondary N) is 1. The fourth-order valence-electron chi connectivity index (χ4n) is 2.06. The molecular formula is C17H24N2O4. The van der Waals surface area contributed by atoms with Crippen LogP contribution in [-0.4, -0.2) is 41.9 Å². The Labute approximate surface area is 136 Å². The van der Waals surface area contributed by atoms with E-state index in [2.05, 4.69) is 9.97 Å². The van der Waals surface area contributed by atoms with Crippen molar-refractivity contribution < 1.29 is 19.4 Å². The Morgan fingerprint density at radius 1 is 1.22 bits per heavy atom. The minimum absolute atomic E-state index is 0.284. The van der Waals surface area contributed by atoms with Gasteiger partial charge in [-0.25, -0.2) is 4.98 Å². The van der Waals surface area contributed by atoms with Crippen molar-refractivity contribution in [2.75, 3.05) is 14.2 Å². The molecule has 0 spiro atoms. The molecule has 2 aromatic rings. The van der Waals surface area contributed by atoms with E-state index in [1.165, 1.54) is 7.11 Å². The van der Waals surface area contributed by atoms with Crippen LogP contribution in [0.4, 0.5) is 0 Å². The van der Waals surface area contributed by atoms with Crippen LogP contribution in [0.15, 0.2) is 18.2 Å². The van der Waals surface area contributed by atoms with Gasteiger partial charge in [0.25, 0.3) is 0 Å². The Morgan fingerprint density at radius 3 is 2.35 bits per heavy atom. The van der Waals surface area contributed by atoms with Gasteiger partial charge in [-0.05, 0) is 18.1 Å². The van der Waals surface area contributed by atoms with Crippen LogP contribution in [-0.2, 0) is 6.42 Å². The molecule has 23 heavy (non-hydrogen) atoms. The van der Waals surface area contributed by atoms with Gasteiger partial charge in [-0.2, -0.15) is 0 Å². The van der Waals surface area contributed by atoms with Crippen molar-refractivity contribution in [3.05, 3.63) is 35.0 Å². The number of aliphatic hydroxyl groups excluding tert-OH is 1. The average Bonchev–Trinajstić information content (AvgIpc) is 3.02. The van der Waals surface area contributed by atoms with Gasteiger partial charge in [0.1, 0.15) is 0 Å². The summed E-state index contributed by atoms with van der Waals surface area (Å²) in [6.45, 7) is 5.93. The molecule has 0 amide bonds. The predicted octanol–water partition coefficient (Wildman–Crippen LogP) is 2.91. The first-order valence-corrected chi connectivity index (χ1v) is 7.36. The third-order valence-electron chi connectivity index (χ3n) is 2.95. The number of pyridine rings is 1. The molecule has 0 aromatic carbocycles. The number of ether oxygens (including phenoxy) is 1. The summed E-state index contributed by atoms with van der Waals surface area (Å²) in [6.07, 6.45) is 1.97. The number of H-pyrrole nitrogens is 1. The second kappa shape index (κ2) is 11.1.